The standard InChI is InChI=1S/C18H21N3/c1-3-4-18-20-16-11-15(19)9-10-17(16)21(18)12-14-7-5-13(2)6-8-14/h5-11H,3-4,12,19H2,1-2H3. The van der Waals surface area contributed by atoms with Crippen LogP contribution in [-0.4, -0.2) is 9.55 Å². The Labute approximate surface area is 125 Å². The molecule has 21 heavy (non-hydrogen) atoms. The first-order chi connectivity index (χ1) is 10.2. The average Bonchev–Trinajstić information content (AvgIpc) is 2.79. The lowest BCUT2D eigenvalue weighted by Gasteiger charge is -2.09. The lowest BCUT2D eigenvalue weighted by Crippen LogP contribution is -2.05. The molecule has 2 N–H and O–H groups in total. The Morgan fingerprint density at radius 3 is 2.57 bits per heavy atom. The van der Waals surface area contributed by atoms with E-state index in [1.807, 2.05) is 12.1 Å². The molecule has 0 amide bonds. The molecule has 0 saturated carbocycles. The minimum Gasteiger partial charge on any atom is -0.399 e. The van der Waals surface area contributed by atoms with Gasteiger partial charge in [-0.1, -0.05) is 36.8 Å². The van der Waals surface area contributed by atoms with Gasteiger partial charge < -0.3 is 10.3 Å². The monoisotopic (exact) mass is 279 g/mol. The largest absolute Gasteiger partial charge is 0.399 e. The summed E-state index contributed by atoms with van der Waals surface area (Å²) in [6.45, 7) is 5.15. The number of nitrogen functional groups attached to an aromatic ring is 1. The number of nitrogens with zero attached hydrogens (tertiary/aromatic N) is 2. The average molecular weight is 279 g/mol. The van der Waals surface area contributed by atoms with Crippen molar-refractivity contribution in [1.82, 2.24) is 9.55 Å². The molecule has 0 aliphatic rings. The van der Waals surface area contributed by atoms with Gasteiger partial charge in [-0.05, 0) is 37.1 Å². The molecule has 2 aromatic carbocycles. The molecule has 3 rings (SSSR count). The predicted molar refractivity (Wildman–Crippen MR) is 88.4 cm³/mol. The fourth-order valence-electron chi connectivity index (χ4n) is 2.66. The van der Waals surface area contributed by atoms with Crippen molar-refractivity contribution in [2.24, 2.45) is 0 Å². The van der Waals surface area contributed by atoms with Crippen LogP contribution in [0.1, 0.15) is 30.3 Å². The Morgan fingerprint density at radius 1 is 1.10 bits per heavy atom. The van der Waals surface area contributed by atoms with E-state index >= 15 is 0 Å². The van der Waals surface area contributed by atoms with Gasteiger partial charge in [0, 0.05) is 18.7 Å². The minimum absolute atomic E-state index is 0.769. The number of fused-ring (bicyclic) bond motifs is 1. The summed E-state index contributed by atoms with van der Waals surface area (Å²) in [5.74, 6) is 1.14. The summed E-state index contributed by atoms with van der Waals surface area (Å²) < 4.78 is 2.31. The highest BCUT2D eigenvalue weighted by Crippen LogP contribution is 2.21. The summed E-state index contributed by atoms with van der Waals surface area (Å²) in [5, 5.41) is 0. The number of benzene rings is 2. The van der Waals surface area contributed by atoms with E-state index in [1.54, 1.807) is 0 Å². The van der Waals surface area contributed by atoms with Crippen LogP contribution in [0.2, 0.25) is 0 Å². The lowest BCUT2D eigenvalue weighted by molar-refractivity contribution is 0.721. The smallest absolute Gasteiger partial charge is 0.110 e. The van der Waals surface area contributed by atoms with Crippen molar-refractivity contribution >= 4 is 16.7 Å². The third-order valence-electron chi connectivity index (χ3n) is 3.79. The normalized spacial score (nSPS) is 11.1. The van der Waals surface area contributed by atoms with Crippen LogP contribution in [0.5, 0.6) is 0 Å². The Hall–Kier alpha value is -2.29. The van der Waals surface area contributed by atoms with Crippen molar-refractivity contribution in [2.75, 3.05) is 5.73 Å². The van der Waals surface area contributed by atoms with Gasteiger partial charge in [-0.3, -0.25) is 0 Å². The van der Waals surface area contributed by atoms with Crippen molar-refractivity contribution in [3.8, 4) is 0 Å². The lowest BCUT2D eigenvalue weighted by atomic mass is 10.1. The van der Waals surface area contributed by atoms with Crippen molar-refractivity contribution in [3.63, 3.8) is 0 Å². The number of aromatic nitrogens is 2. The number of hydrogen-bond donors (Lipinski definition) is 1. The first kappa shape index (κ1) is 13.7. The molecular formula is C18H21N3. The maximum absolute atomic E-state index is 5.88. The zero-order chi connectivity index (χ0) is 14.8. The fourth-order valence-corrected chi connectivity index (χ4v) is 2.66. The zero-order valence-electron chi connectivity index (χ0n) is 12.6. The Bertz CT molecular complexity index is 754. The van der Waals surface area contributed by atoms with Crippen LogP contribution in [0.15, 0.2) is 42.5 Å². The van der Waals surface area contributed by atoms with Crippen LogP contribution in [0.25, 0.3) is 11.0 Å². The summed E-state index contributed by atoms with van der Waals surface area (Å²) in [7, 11) is 0. The van der Waals surface area contributed by atoms with Gasteiger partial charge in [-0.15, -0.1) is 0 Å². The summed E-state index contributed by atoms with van der Waals surface area (Å²) in [6.07, 6.45) is 2.08. The zero-order valence-corrected chi connectivity index (χ0v) is 12.6. The Morgan fingerprint density at radius 2 is 1.86 bits per heavy atom. The summed E-state index contributed by atoms with van der Waals surface area (Å²) in [5.41, 5.74) is 11.4. The van der Waals surface area contributed by atoms with Crippen LogP contribution >= 0.6 is 0 Å². The maximum Gasteiger partial charge on any atom is 0.110 e. The third kappa shape index (κ3) is 2.77. The fraction of sp³-hybridized carbons (Fsp3) is 0.278. The maximum atomic E-state index is 5.88. The molecule has 0 aliphatic carbocycles. The van der Waals surface area contributed by atoms with Gasteiger partial charge >= 0.3 is 0 Å². The Kier molecular flexibility index (Phi) is 3.65. The highest BCUT2D eigenvalue weighted by molar-refractivity contribution is 5.79. The molecule has 0 unspecified atom stereocenters. The van der Waals surface area contributed by atoms with Gasteiger partial charge in [0.15, 0.2) is 0 Å². The van der Waals surface area contributed by atoms with Crippen molar-refractivity contribution < 1.29 is 0 Å². The van der Waals surface area contributed by atoms with E-state index in [0.717, 1.165) is 41.9 Å². The van der Waals surface area contributed by atoms with Crippen LogP contribution in [-0.2, 0) is 13.0 Å². The quantitative estimate of drug-likeness (QED) is 0.735. The Balaban J connectivity index is 2.06. The number of anilines is 1. The van der Waals surface area contributed by atoms with Gasteiger partial charge in [-0.25, -0.2) is 4.98 Å². The number of imidazole rings is 1. The van der Waals surface area contributed by atoms with E-state index in [2.05, 4.69) is 48.7 Å². The van der Waals surface area contributed by atoms with Crippen LogP contribution in [0.3, 0.4) is 0 Å². The van der Waals surface area contributed by atoms with E-state index in [1.165, 1.54) is 11.1 Å². The van der Waals surface area contributed by atoms with Crippen LogP contribution in [0.4, 0.5) is 5.69 Å². The van der Waals surface area contributed by atoms with E-state index in [-0.39, 0.29) is 0 Å². The van der Waals surface area contributed by atoms with Gasteiger partial charge in [-0.2, -0.15) is 0 Å². The second kappa shape index (κ2) is 5.60. The molecule has 3 nitrogen and oxygen atoms in total. The molecule has 1 heterocycles. The molecule has 0 saturated heterocycles. The van der Waals surface area contributed by atoms with Gasteiger partial charge in [0.05, 0.1) is 11.0 Å². The molecule has 3 heteroatoms. The number of rotatable bonds is 4. The first-order valence-corrected chi connectivity index (χ1v) is 7.47. The van der Waals surface area contributed by atoms with E-state index in [9.17, 15) is 0 Å². The van der Waals surface area contributed by atoms with Gasteiger partial charge in [0.25, 0.3) is 0 Å². The molecule has 0 aliphatic heterocycles. The highest BCUT2D eigenvalue weighted by atomic mass is 15.1. The number of aryl methyl sites for hydroxylation is 2. The van der Waals surface area contributed by atoms with E-state index in [0.29, 0.717) is 0 Å². The summed E-state index contributed by atoms with van der Waals surface area (Å²) in [6, 6.07) is 14.7. The number of hydrogen-bond acceptors (Lipinski definition) is 2. The van der Waals surface area contributed by atoms with Gasteiger partial charge in [0.2, 0.25) is 0 Å². The van der Waals surface area contributed by atoms with Crippen molar-refractivity contribution in [3.05, 3.63) is 59.4 Å². The molecule has 108 valence electrons. The van der Waals surface area contributed by atoms with Crippen molar-refractivity contribution in [2.45, 2.75) is 33.2 Å². The molecule has 0 fully saturated rings. The second-order valence-corrected chi connectivity index (χ2v) is 5.60. The molecule has 3 aromatic rings. The summed E-state index contributed by atoms with van der Waals surface area (Å²) in [4.78, 5) is 4.76. The molecule has 0 spiro atoms. The third-order valence-corrected chi connectivity index (χ3v) is 3.79. The van der Waals surface area contributed by atoms with Crippen LogP contribution < -0.4 is 5.73 Å². The van der Waals surface area contributed by atoms with E-state index in [4.69, 9.17) is 10.7 Å². The van der Waals surface area contributed by atoms with E-state index < -0.39 is 0 Å². The molecule has 1 aromatic heterocycles. The molecular weight excluding hydrogens is 258 g/mol. The van der Waals surface area contributed by atoms with Crippen LogP contribution in [0, 0.1) is 6.92 Å². The van der Waals surface area contributed by atoms with Gasteiger partial charge in [0.1, 0.15) is 5.82 Å². The number of nitrogens with two attached hydrogens (primary N) is 1. The second-order valence-electron chi connectivity index (χ2n) is 5.60. The SMILES string of the molecule is CCCc1nc2cc(N)ccc2n1Cc1ccc(C)cc1. The summed E-state index contributed by atoms with van der Waals surface area (Å²) >= 11 is 0. The predicted octanol–water partition coefficient (Wildman–Crippen LogP) is 3.93. The molecule has 0 bridgehead atoms. The topological polar surface area (TPSA) is 43.8 Å². The first-order valence-electron chi connectivity index (χ1n) is 7.47. The minimum atomic E-state index is 0.769. The molecule has 0 atom stereocenters. The highest BCUT2D eigenvalue weighted by Gasteiger charge is 2.10. The van der Waals surface area contributed by atoms with Crippen molar-refractivity contribution in [1.29, 1.82) is 0 Å². The molecule has 0 radical (unpaired) electrons.